The molecule has 0 fully saturated rings. The van der Waals surface area contributed by atoms with E-state index >= 15 is 0 Å². The van der Waals surface area contributed by atoms with Gasteiger partial charge in [-0.25, -0.2) is 0 Å². The highest BCUT2D eigenvalue weighted by Gasteiger charge is 2.20. The molecule has 0 saturated heterocycles. The molecule has 0 amide bonds. The van der Waals surface area contributed by atoms with Crippen molar-refractivity contribution in [2.75, 3.05) is 21.3 Å². The van der Waals surface area contributed by atoms with E-state index in [1.54, 1.807) is 21.3 Å². The zero-order valence-electron chi connectivity index (χ0n) is 12.8. The van der Waals surface area contributed by atoms with Crippen LogP contribution >= 0.6 is 11.6 Å². The van der Waals surface area contributed by atoms with Crippen molar-refractivity contribution in [1.29, 1.82) is 0 Å². The number of methoxy groups -OCH3 is 3. The van der Waals surface area contributed by atoms with E-state index in [0.717, 1.165) is 18.4 Å². The molecule has 1 aromatic carbocycles. The van der Waals surface area contributed by atoms with Crippen molar-refractivity contribution in [3.8, 4) is 17.2 Å². The lowest BCUT2D eigenvalue weighted by atomic mass is 9.99. The Balaban J connectivity index is 3.19. The van der Waals surface area contributed by atoms with Crippen LogP contribution in [0.25, 0.3) is 0 Å². The zero-order valence-corrected chi connectivity index (χ0v) is 13.6. The predicted octanol–water partition coefficient (Wildman–Crippen LogP) is 4.51. The second kappa shape index (κ2) is 8.05. The Kier molecular flexibility index (Phi) is 6.73. The van der Waals surface area contributed by atoms with Crippen molar-refractivity contribution in [1.82, 2.24) is 0 Å². The summed E-state index contributed by atoms with van der Waals surface area (Å²) in [4.78, 5) is 0. The van der Waals surface area contributed by atoms with Crippen LogP contribution in [0.3, 0.4) is 0 Å². The molecule has 0 aliphatic carbocycles. The first kappa shape index (κ1) is 16.7. The van der Waals surface area contributed by atoms with Gasteiger partial charge in [0, 0.05) is 5.56 Å². The third kappa shape index (κ3) is 3.83. The van der Waals surface area contributed by atoms with E-state index in [2.05, 4.69) is 26.0 Å². The molecule has 1 atom stereocenters. The fourth-order valence-electron chi connectivity index (χ4n) is 2.18. The first-order valence-corrected chi connectivity index (χ1v) is 7.10. The van der Waals surface area contributed by atoms with Gasteiger partial charge in [0.2, 0.25) is 5.75 Å². The van der Waals surface area contributed by atoms with Crippen LogP contribution in [0.5, 0.6) is 17.2 Å². The fourth-order valence-corrected chi connectivity index (χ4v) is 2.47. The maximum atomic E-state index is 6.25. The molecule has 0 radical (unpaired) electrons. The summed E-state index contributed by atoms with van der Waals surface area (Å²) in [6, 6.07) is 1.89. The topological polar surface area (TPSA) is 27.7 Å². The fraction of sp³-hybridized carbons (Fsp3) is 0.500. The van der Waals surface area contributed by atoms with Gasteiger partial charge in [0.25, 0.3) is 0 Å². The molecule has 20 heavy (non-hydrogen) atoms. The standard InChI is InChI=1S/C16H23ClO3/c1-6-7-8-11(2)9-12-10-13(17)15(19-4)16(20-5)14(12)18-3/h7-8,10-11H,6,9H2,1-5H3/b8-7-. The number of hydrogen-bond donors (Lipinski definition) is 0. The lowest BCUT2D eigenvalue weighted by Gasteiger charge is -2.18. The van der Waals surface area contributed by atoms with Gasteiger partial charge in [-0.15, -0.1) is 0 Å². The van der Waals surface area contributed by atoms with Crippen LogP contribution in [-0.4, -0.2) is 21.3 Å². The summed E-state index contributed by atoms with van der Waals surface area (Å²) in [5.41, 5.74) is 1.02. The van der Waals surface area contributed by atoms with E-state index in [1.165, 1.54) is 0 Å². The smallest absolute Gasteiger partial charge is 0.205 e. The molecule has 1 aromatic rings. The second-order valence-electron chi connectivity index (χ2n) is 4.64. The van der Waals surface area contributed by atoms with Crippen LogP contribution in [-0.2, 0) is 6.42 Å². The average Bonchev–Trinajstić information content (AvgIpc) is 2.44. The van der Waals surface area contributed by atoms with Crippen molar-refractivity contribution < 1.29 is 14.2 Å². The molecular formula is C16H23ClO3. The van der Waals surface area contributed by atoms with Crippen LogP contribution < -0.4 is 14.2 Å². The number of ether oxygens (including phenoxy) is 3. The van der Waals surface area contributed by atoms with Gasteiger partial charge in [-0.05, 0) is 24.8 Å². The van der Waals surface area contributed by atoms with Gasteiger partial charge in [0.1, 0.15) is 0 Å². The third-order valence-corrected chi connectivity index (χ3v) is 3.36. The lowest BCUT2D eigenvalue weighted by molar-refractivity contribution is 0.321. The summed E-state index contributed by atoms with van der Waals surface area (Å²) in [6.45, 7) is 4.29. The van der Waals surface area contributed by atoms with Gasteiger partial charge in [0.15, 0.2) is 11.5 Å². The SMILES string of the molecule is CC/C=C\C(C)Cc1cc(Cl)c(OC)c(OC)c1OC. The first-order valence-electron chi connectivity index (χ1n) is 6.72. The summed E-state index contributed by atoms with van der Waals surface area (Å²) >= 11 is 6.25. The van der Waals surface area contributed by atoms with Gasteiger partial charge in [-0.3, -0.25) is 0 Å². The van der Waals surface area contributed by atoms with E-state index in [4.69, 9.17) is 25.8 Å². The van der Waals surface area contributed by atoms with Gasteiger partial charge < -0.3 is 14.2 Å². The molecule has 3 nitrogen and oxygen atoms in total. The predicted molar refractivity (Wildman–Crippen MR) is 83.4 cm³/mol. The maximum absolute atomic E-state index is 6.25. The summed E-state index contributed by atoms with van der Waals surface area (Å²) in [7, 11) is 4.78. The van der Waals surface area contributed by atoms with Crippen molar-refractivity contribution in [3.05, 3.63) is 28.8 Å². The molecule has 4 heteroatoms. The number of benzene rings is 1. The molecule has 0 saturated carbocycles. The molecule has 0 aliphatic heterocycles. The Morgan fingerprint density at radius 3 is 2.20 bits per heavy atom. The summed E-state index contributed by atoms with van der Waals surface area (Å²) in [6.07, 6.45) is 6.23. The summed E-state index contributed by atoms with van der Waals surface area (Å²) < 4.78 is 16.2. The molecule has 0 aromatic heterocycles. The van der Waals surface area contributed by atoms with Gasteiger partial charge in [0.05, 0.1) is 26.4 Å². The minimum absolute atomic E-state index is 0.401. The first-order chi connectivity index (χ1) is 9.58. The van der Waals surface area contributed by atoms with E-state index in [1.807, 2.05) is 6.07 Å². The summed E-state index contributed by atoms with van der Waals surface area (Å²) in [5, 5.41) is 0.534. The number of halogens is 1. The van der Waals surface area contributed by atoms with Crippen LogP contribution in [0.1, 0.15) is 25.8 Å². The lowest BCUT2D eigenvalue weighted by Crippen LogP contribution is -2.03. The van der Waals surface area contributed by atoms with Crippen molar-refractivity contribution in [2.24, 2.45) is 5.92 Å². The highest BCUT2D eigenvalue weighted by Crippen LogP contribution is 2.45. The highest BCUT2D eigenvalue weighted by molar-refractivity contribution is 6.32. The molecule has 1 unspecified atom stereocenters. The Morgan fingerprint density at radius 1 is 1.10 bits per heavy atom. The second-order valence-corrected chi connectivity index (χ2v) is 5.04. The van der Waals surface area contributed by atoms with E-state index in [9.17, 15) is 0 Å². The molecule has 0 bridgehead atoms. The Hall–Kier alpha value is -1.35. The number of allylic oxidation sites excluding steroid dienone is 2. The third-order valence-electron chi connectivity index (χ3n) is 3.08. The molecule has 0 heterocycles. The minimum atomic E-state index is 0.401. The minimum Gasteiger partial charge on any atom is -0.492 e. The quantitative estimate of drug-likeness (QED) is 0.693. The Bertz CT molecular complexity index is 469. The van der Waals surface area contributed by atoms with E-state index < -0.39 is 0 Å². The van der Waals surface area contributed by atoms with Gasteiger partial charge in [-0.2, -0.15) is 0 Å². The number of rotatable bonds is 7. The van der Waals surface area contributed by atoms with Gasteiger partial charge in [-0.1, -0.05) is 37.6 Å². The molecule has 0 spiro atoms. The molecule has 112 valence electrons. The largest absolute Gasteiger partial charge is 0.492 e. The van der Waals surface area contributed by atoms with Crippen LogP contribution in [0, 0.1) is 5.92 Å². The molecule has 0 aliphatic rings. The van der Waals surface area contributed by atoms with Crippen LogP contribution in [0.4, 0.5) is 0 Å². The van der Waals surface area contributed by atoms with E-state index in [0.29, 0.717) is 28.2 Å². The van der Waals surface area contributed by atoms with Crippen molar-refractivity contribution >= 4 is 11.6 Å². The monoisotopic (exact) mass is 298 g/mol. The molecule has 0 N–H and O–H groups in total. The summed E-state index contributed by atoms with van der Waals surface area (Å²) in [5.74, 6) is 2.14. The van der Waals surface area contributed by atoms with Crippen LogP contribution in [0.2, 0.25) is 5.02 Å². The average molecular weight is 299 g/mol. The molecular weight excluding hydrogens is 276 g/mol. The van der Waals surface area contributed by atoms with Crippen molar-refractivity contribution in [3.63, 3.8) is 0 Å². The van der Waals surface area contributed by atoms with Crippen molar-refractivity contribution in [2.45, 2.75) is 26.7 Å². The van der Waals surface area contributed by atoms with E-state index in [-0.39, 0.29) is 0 Å². The Labute approximate surface area is 126 Å². The zero-order chi connectivity index (χ0) is 15.1. The number of hydrogen-bond acceptors (Lipinski definition) is 3. The molecule has 1 rings (SSSR count). The highest BCUT2D eigenvalue weighted by atomic mass is 35.5. The Morgan fingerprint density at radius 2 is 1.70 bits per heavy atom. The maximum Gasteiger partial charge on any atom is 0.205 e. The van der Waals surface area contributed by atoms with Crippen LogP contribution in [0.15, 0.2) is 18.2 Å². The van der Waals surface area contributed by atoms with Gasteiger partial charge >= 0.3 is 0 Å². The normalized spacial score (nSPS) is 12.5.